The highest BCUT2D eigenvalue weighted by atomic mass is 35.5. The number of nitrogens with zero attached hydrogens (tertiary/aromatic N) is 1. The monoisotopic (exact) mass is 465 g/mol. The molecule has 3 N–H and O–H groups in total. The van der Waals surface area contributed by atoms with E-state index in [1.807, 2.05) is 30.3 Å². The summed E-state index contributed by atoms with van der Waals surface area (Å²) in [6.07, 6.45) is 0. The standard InChI is InChI=1S/C24H20ClN3O5/c1-2-33-19-13-16(12-18(23(19)29)28(31)32)22-20(14-6-4-3-5-7-14)21(26-24(30)27-22)15-8-10-17(25)11-9-15/h3-13,22,29H,2H2,1H3,(H2,26,27,30). The summed E-state index contributed by atoms with van der Waals surface area (Å²) in [5.74, 6) is -0.594. The predicted molar refractivity (Wildman–Crippen MR) is 125 cm³/mol. The lowest BCUT2D eigenvalue weighted by molar-refractivity contribution is -0.386. The molecule has 0 bridgehead atoms. The molecule has 1 aliphatic rings. The second kappa shape index (κ2) is 9.22. The van der Waals surface area contributed by atoms with Crippen LogP contribution in [-0.4, -0.2) is 22.7 Å². The highest BCUT2D eigenvalue weighted by Gasteiger charge is 2.32. The van der Waals surface area contributed by atoms with Gasteiger partial charge in [-0.3, -0.25) is 10.1 Å². The van der Waals surface area contributed by atoms with Crippen molar-refractivity contribution in [1.29, 1.82) is 0 Å². The number of phenolic OH excluding ortho intramolecular Hbond substituents is 1. The molecule has 0 aliphatic carbocycles. The average molecular weight is 466 g/mol. The number of aromatic hydroxyl groups is 1. The van der Waals surface area contributed by atoms with E-state index in [9.17, 15) is 20.0 Å². The Kier molecular flexibility index (Phi) is 6.19. The van der Waals surface area contributed by atoms with E-state index in [1.54, 1.807) is 31.2 Å². The third kappa shape index (κ3) is 4.47. The first-order chi connectivity index (χ1) is 15.9. The summed E-state index contributed by atoms with van der Waals surface area (Å²) in [6.45, 7) is 1.91. The minimum atomic E-state index is -0.759. The molecule has 9 heteroatoms. The summed E-state index contributed by atoms with van der Waals surface area (Å²) in [4.78, 5) is 23.6. The van der Waals surface area contributed by atoms with Crippen LogP contribution >= 0.6 is 11.6 Å². The molecule has 0 radical (unpaired) electrons. The molecule has 1 atom stereocenters. The van der Waals surface area contributed by atoms with Crippen LogP contribution in [0, 0.1) is 10.1 Å². The van der Waals surface area contributed by atoms with Crippen LogP contribution in [0.25, 0.3) is 11.3 Å². The van der Waals surface area contributed by atoms with Crippen LogP contribution in [0.3, 0.4) is 0 Å². The number of benzene rings is 3. The quantitative estimate of drug-likeness (QED) is 0.338. The van der Waals surface area contributed by atoms with Crippen molar-refractivity contribution in [2.75, 3.05) is 6.61 Å². The Morgan fingerprint density at radius 2 is 1.79 bits per heavy atom. The summed E-state index contributed by atoms with van der Waals surface area (Å²) in [7, 11) is 0. The molecule has 8 nitrogen and oxygen atoms in total. The zero-order valence-electron chi connectivity index (χ0n) is 17.5. The Morgan fingerprint density at radius 1 is 1.09 bits per heavy atom. The van der Waals surface area contributed by atoms with Crippen molar-refractivity contribution in [2.45, 2.75) is 13.0 Å². The fraction of sp³-hybridized carbons (Fsp3) is 0.125. The number of phenols is 1. The van der Waals surface area contributed by atoms with Crippen molar-refractivity contribution < 1.29 is 19.6 Å². The lowest BCUT2D eigenvalue weighted by atomic mass is 9.87. The number of hydrogen-bond donors (Lipinski definition) is 3. The molecule has 4 rings (SSSR count). The molecule has 1 aliphatic heterocycles. The smallest absolute Gasteiger partial charge is 0.320 e. The maximum atomic E-state index is 12.7. The molecule has 1 unspecified atom stereocenters. The summed E-state index contributed by atoms with van der Waals surface area (Å²) >= 11 is 6.05. The first-order valence-corrected chi connectivity index (χ1v) is 10.5. The molecule has 0 fully saturated rings. The van der Waals surface area contributed by atoms with Gasteiger partial charge in [-0.15, -0.1) is 0 Å². The second-order valence-corrected chi connectivity index (χ2v) is 7.71. The number of urea groups is 1. The Hall–Kier alpha value is -4.04. The molecular weight excluding hydrogens is 446 g/mol. The van der Waals surface area contributed by atoms with Gasteiger partial charge in [0, 0.05) is 16.7 Å². The van der Waals surface area contributed by atoms with Crippen molar-refractivity contribution in [3.8, 4) is 11.5 Å². The van der Waals surface area contributed by atoms with Crippen LogP contribution in [0.2, 0.25) is 5.02 Å². The number of halogens is 1. The Bertz CT molecular complexity index is 1240. The number of nitro benzene ring substituents is 1. The topological polar surface area (TPSA) is 114 Å². The zero-order chi connectivity index (χ0) is 23.5. The number of hydrogen-bond acceptors (Lipinski definition) is 5. The maximum Gasteiger partial charge on any atom is 0.320 e. The molecule has 168 valence electrons. The van der Waals surface area contributed by atoms with E-state index in [2.05, 4.69) is 10.6 Å². The van der Waals surface area contributed by atoms with E-state index in [1.165, 1.54) is 12.1 Å². The van der Waals surface area contributed by atoms with Gasteiger partial charge in [0.05, 0.1) is 23.3 Å². The minimum Gasteiger partial charge on any atom is -0.500 e. The average Bonchev–Trinajstić information content (AvgIpc) is 2.81. The van der Waals surface area contributed by atoms with E-state index in [0.29, 0.717) is 21.9 Å². The molecule has 0 spiro atoms. The molecule has 1 heterocycles. The van der Waals surface area contributed by atoms with Crippen molar-refractivity contribution in [3.63, 3.8) is 0 Å². The van der Waals surface area contributed by atoms with Gasteiger partial charge >= 0.3 is 11.7 Å². The Labute approximate surface area is 194 Å². The number of amides is 2. The van der Waals surface area contributed by atoms with Crippen LogP contribution in [0.1, 0.15) is 29.7 Å². The summed E-state index contributed by atoms with van der Waals surface area (Å²) in [5.41, 5.74) is 2.64. The van der Waals surface area contributed by atoms with Crippen molar-refractivity contribution in [2.24, 2.45) is 0 Å². The number of carbonyl (C=O) groups excluding carboxylic acids is 1. The van der Waals surface area contributed by atoms with Crippen molar-refractivity contribution in [3.05, 3.63) is 98.6 Å². The van der Waals surface area contributed by atoms with Gasteiger partial charge in [-0.05, 0) is 41.8 Å². The number of nitro groups is 1. The van der Waals surface area contributed by atoms with E-state index >= 15 is 0 Å². The molecule has 0 aromatic heterocycles. The van der Waals surface area contributed by atoms with Crippen LogP contribution in [0.4, 0.5) is 10.5 Å². The van der Waals surface area contributed by atoms with Gasteiger partial charge < -0.3 is 20.5 Å². The highest BCUT2D eigenvalue weighted by molar-refractivity contribution is 6.30. The summed E-state index contributed by atoms with van der Waals surface area (Å²) < 4.78 is 5.44. The Morgan fingerprint density at radius 3 is 2.42 bits per heavy atom. The van der Waals surface area contributed by atoms with Crippen LogP contribution in [0.15, 0.2) is 66.7 Å². The van der Waals surface area contributed by atoms with Crippen LogP contribution < -0.4 is 15.4 Å². The predicted octanol–water partition coefficient (Wildman–Crippen LogP) is 5.27. The van der Waals surface area contributed by atoms with E-state index in [-0.39, 0.29) is 12.4 Å². The summed E-state index contributed by atoms with van der Waals surface area (Å²) in [5, 5.41) is 28.2. The van der Waals surface area contributed by atoms with E-state index in [4.69, 9.17) is 16.3 Å². The van der Waals surface area contributed by atoms with Gasteiger partial charge in [-0.2, -0.15) is 0 Å². The first-order valence-electron chi connectivity index (χ1n) is 10.2. The normalized spacial score (nSPS) is 15.6. The number of carbonyl (C=O) groups is 1. The van der Waals surface area contributed by atoms with E-state index < -0.39 is 28.4 Å². The third-order valence-corrected chi connectivity index (χ3v) is 5.45. The molecule has 3 aromatic rings. The molecule has 2 amide bonds. The fourth-order valence-electron chi connectivity index (χ4n) is 3.77. The van der Waals surface area contributed by atoms with Crippen molar-refractivity contribution >= 4 is 34.6 Å². The minimum absolute atomic E-state index is 0.0325. The number of ether oxygens (including phenoxy) is 1. The number of nitrogens with one attached hydrogen (secondary N) is 2. The lowest BCUT2D eigenvalue weighted by Gasteiger charge is -2.31. The Balaban J connectivity index is 1.98. The molecule has 0 saturated heterocycles. The summed E-state index contributed by atoms with van der Waals surface area (Å²) in [6, 6.07) is 17.9. The van der Waals surface area contributed by atoms with Gasteiger partial charge in [-0.1, -0.05) is 54.1 Å². The van der Waals surface area contributed by atoms with E-state index in [0.717, 1.165) is 11.1 Å². The molecule has 3 aromatic carbocycles. The van der Waals surface area contributed by atoms with Crippen LogP contribution in [-0.2, 0) is 0 Å². The number of rotatable bonds is 6. The largest absolute Gasteiger partial charge is 0.500 e. The second-order valence-electron chi connectivity index (χ2n) is 7.27. The molecule has 33 heavy (non-hydrogen) atoms. The zero-order valence-corrected chi connectivity index (χ0v) is 18.3. The lowest BCUT2D eigenvalue weighted by Crippen LogP contribution is -2.43. The van der Waals surface area contributed by atoms with Gasteiger partial charge in [0.25, 0.3) is 0 Å². The van der Waals surface area contributed by atoms with Gasteiger partial charge in [0.1, 0.15) is 0 Å². The van der Waals surface area contributed by atoms with Gasteiger partial charge in [0.2, 0.25) is 5.75 Å². The highest BCUT2D eigenvalue weighted by Crippen LogP contribution is 2.44. The molecular formula is C24H20ClN3O5. The maximum absolute atomic E-state index is 12.7. The third-order valence-electron chi connectivity index (χ3n) is 5.20. The van der Waals surface area contributed by atoms with Crippen molar-refractivity contribution in [1.82, 2.24) is 10.6 Å². The molecule has 0 saturated carbocycles. The fourth-order valence-corrected chi connectivity index (χ4v) is 3.90. The van der Waals surface area contributed by atoms with Crippen LogP contribution in [0.5, 0.6) is 11.5 Å². The first kappa shape index (κ1) is 22.2. The van der Waals surface area contributed by atoms with Gasteiger partial charge in [0.15, 0.2) is 5.75 Å². The SMILES string of the molecule is CCOc1cc(C2NC(=O)NC(c3ccc(Cl)cc3)=C2c2ccccc2)cc([N+](=O)[O-])c1O. The van der Waals surface area contributed by atoms with Gasteiger partial charge in [-0.25, -0.2) is 4.79 Å².